The Bertz CT molecular complexity index is 499. The molecule has 1 aromatic heterocycles. The molecule has 0 aliphatic heterocycles. The molecule has 1 unspecified atom stereocenters. The van der Waals surface area contributed by atoms with E-state index in [1.165, 1.54) is 16.8 Å². The van der Waals surface area contributed by atoms with Gasteiger partial charge in [-0.05, 0) is 37.1 Å². The minimum Gasteiger partial charge on any atom is -0.305 e. The van der Waals surface area contributed by atoms with Crippen LogP contribution in [0.4, 0.5) is 0 Å². The number of hydrogen-bond donors (Lipinski definition) is 1. The quantitative estimate of drug-likeness (QED) is 0.861. The van der Waals surface area contributed by atoms with Crippen molar-refractivity contribution in [2.24, 2.45) is 0 Å². The lowest BCUT2D eigenvalue weighted by Crippen LogP contribution is -2.24. The largest absolute Gasteiger partial charge is 0.305 e. The van der Waals surface area contributed by atoms with Gasteiger partial charge in [0.05, 0.1) is 11.7 Å². The topological polar surface area (TPSA) is 29.9 Å². The maximum absolute atomic E-state index is 4.37. The molecule has 0 aliphatic carbocycles. The number of aromatic nitrogens is 2. The van der Waals surface area contributed by atoms with Crippen LogP contribution >= 0.6 is 0 Å². The molecule has 3 heteroatoms. The fourth-order valence-electron chi connectivity index (χ4n) is 2.40. The molecule has 1 atom stereocenters. The Kier molecular flexibility index (Phi) is 4.74. The van der Waals surface area contributed by atoms with Crippen LogP contribution < -0.4 is 5.32 Å². The molecule has 0 spiro atoms. The number of aryl methyl sites for hydroxylation is 2. The third-order valence-electron chi connectivity index (χ3n) is 3.47. The number of nitrogens with one attached hydrogen (secondary N) is 1. The van der Waals surface area contributed by atoms with E-state index in [9.17, 15) is 0 Å². The summed E-state index contributed by atoms with van der Waals surface area (Å²) in [5.41, 5.74) is 3.91. The van der Waals surface area contributed by atoms with Crippen molar-refractivity contribution < 1.29 is 0 Å². The zero-order valence-electron chi connectivity index (χ0n) is 12.1. The van der Waals surface area contributed by atoms with Gasteiger partial charge < -0.3 is 5.32 Å². The number of rotatable bonds is 6. The van der Waals surface area contributed by atoms with Gasteiger partial charge in [-0.15, -0.1) is 0 Å². The van der Waals surface area contributed by atoms with Crippen molar-refractivity contribution in [3.05, 3.63) is 53.3 Å². The Morgan fingerprint density at radius 3 is 2.42 bits per heavy atom. The fourth-order valence-corrected chi connectivity index (χ4v) is 2.40. The Morgan fingerprint density at radius 2 is 1.84 bits per heavy atom. The van der Waals surface area contributed by atoms with E-state index in [-0.39, 0.29) is 6.04 Å². The van der Waals surface area contributed by atoms with Crippen LogP contribution in [0.1, 0.15) is 43.6 Å². The molecule has 1 N–H and O–H groups in total. The van der Waals surface area contributed by atoms with Gasteiger partial charge in [-0.2, -0.15) is 5.10 Å². The Labute approximate surface area is 115 Å². The molecule has 1 aromatic carbocycles. The van der Waals surface area contributed by atoms with E-state index < -0.39 is 0 Å². The molecule has 1 heterocycles. The number of nitrogens with zero attached hydrogens (tertiary/aromatic N) is 2. The summed E-state index contributed by atoms with van der Waals surface area (Å²) < 4.78 is 2.06. The zero-order chi connectivity index (χ0) is 13.7. The first-order valence-electron chi connectivity index (χ1n) is 7.14. The van der Waals surface area contributed by atoms with Gasteiger partial charge in [0.15, 0.2) is 0 Å². The number of benzene rings is 1. The second-order valence-electron chi connectivity index (χ2n) is 4.66. The van der Waals surface area contributed by atoms with Crippen molar-refractivity contribution in [2.45, 2.75) is 39.8 Å². The molecule has 0 amide bonds. The maximum Gasteiger partial charge on any atom is 0.0748 e. The van der Waals surface area contributed by atoms with E-state index in [2.05, 4.69) is 66.2 Å². The highest BCUT2D eigenvalue weighted by molar-refractivity contribution is 5.30. The van der Waals surface area contributed by atoms with Gasteiger partial charge in [0, 0.05) is 12.7 Å². The third kappa shape index (κ3) is 3.04. The first-order valence-corrected chi connectivity index (χ1v) is 7.14. The molecule has 102 valence electrons. The molecule has 3 nitrogen and oxygen atoms in total. The highest BCUT2D eigenvalue weighted by Crippen LogP contribution is 2.22. The molecule has 19 heavy (non-hydrogen) atoms. The van der Waals surface area contributed by atoms with Gasteiger partial charge in [-0.25, -0.2) is 0 Å². The van der Waals surface area contributed by atoms with Crippen molar-refractivity contribution in [2.75, 3.05) is 6.54 Å². The van der Waals surface area contributed by atoms with Crippen LogP contribution in [-0.4, -0.2) is 16.3 Å². The standard InChI is InChI=1S/C16H23N3/c1-4-13-7-9-14(10-8-13)16(17-5-2)15-11-12-18-19(15)6-3/h7-12,16-17H,4-6H2,1-3H3. The minimum absolute atomic E-state index is 0.221. The highest BCUT2D eigenvalue weighted by atomic mass is 15.3. The average molecular weight is 257 g/mol. The lowest BCUT2D eigenvalue weighted by atomic mass is 10.0. The predicted molar refractivity (Wildman–Crippen MR) is 79.2 cm³/mol. The predicted octanol–water partition coefficient (Wildman–Crippen LogP) is 3.16. The second-order valence-corrected chi connectivity index (χ2v) is 4.66. The summed E-state index contributed by atoms with van der Waals surface area (Å²) in [4.78, 5) is 0. The molecule has 0 bridgehead atoms. The van der Waals surface area contributed by atoms with E-state index in [0.717, 1.165) is 19.5 Å². The number of hydrogen-bond acceptors (Lipinski definition) is 2. The molecular weight excluding hydrogens is 234 g/mol. The molecule has 2 aromatic rings. The molecule has 0 fully saturated rings. The van der Waals surface area contributed by atoms with Crippen LogP contribution in [0.3, 0.4) is 0 Å². The van der Waals surface area contributed by atoms with Crippen LogP contribution in [0.2, 0.25) is 0 Å². The molecular formula is C16H23N3. The zero-order valence-corrected chi connectivity index (χ0v) is 12.1. The van der Waals surface area contributed by atoms with E-state index in [4.69, 9.17) is 0 Å². The van der Waals surface area contributed by atoms with Gasteiger partial charge >= 0.3 is 0 Å². The maximum atomic E-state index is 4.37. The van der Waals surface area contributed by atoms with Crippen LogP contribution in [0, 0.1) is 0 Å². The fraction of sp³-hybridized carbons (Fsp3) is 0.438. The normalized spacial score (nSPS) is 12.6. The van der Waals surface area contributed by atoms with Crippen molar-refractivity contribution in [1.29, 1.82) is 0 Å². The van der Waals surface area contributed by atoms with Gasteiger partial charge in [0.25, 0.3) is 0 Å². The Balaban J connectivity index is 2.33. The first kappa shape index (κ1) is 13.8. The molecule has 0 saturated carbocycles. The van der Waals surface area contributed by atoms with Gasteiger partial charge in [0.1, 0.15) is 0 Å². The van der Waals surface area contributed by atoms with E-state index >= 15 is 0 Å². The van der Waals surface area contributed by atoms with E-state index in [0.29, 0.717) is 0 Å². The summed E-state index contributed by atoms with van der Waals surface area (Å²) in [5.74, 6) is 0. The Morgan fingerprint density at radius 1 is 1.11 bits per heavy atom. The van der Waals surface area contributed by atoms with E-state index in [1.807, 2.05) is 6.20 Å². The summed E-state index contributed by atoms with van der Waals surface area (Å²) in [7, 11) is 0. The SMILES string of the molecule is CCNC(c1ccc(CC)cc1)c1ccnn1CC. The minimum atomic E-state index is 0.221. The van der Waals surface area contributed by atoms with Crippen LogP contribution in [0.25, 0.3) is 0 Å². The summed E-state index contributed by atoms with van der Waals surface area (Å²) in [6, 6.07) is 11.2. The first-order chi connectivity index (χ1) is 9.30. The lowest BCUT2D eigenvalue weighted by molar-refractivity contribution is 0.542. The monoisotopic (exact) mass is 257 g/mol. The summed E-state index contributed by atoms with van der Waals surface area (Å²) in [6.07, 6.45) is 2.96. The molecule has 0 saturated heterocycles. The smallest absolute Gasteiger partial charge is 0.0748 e. The van der Waals surface area contributed by atoms with Crippen LogP contribution in [-0.2, 0) is 13.0 Å². The van der Waals surface area contributed by atoms with Crippen molar-refractivity contribution in [3.8, 4) is 0 Å². The average Bonchev–Trinajstić information content (AvgIpc) is 2.93. The molecule has 2 rings (SSSR count). The molecule has 0 aliphatic rings. The van der Waals surface area contributed by atoms with Gasteiger partial charge in [0.2, 0.25) is 0 Å². The van der Waals surface area contributed by atoms with Crippen molar-refractivity contribution in [1.82, 2.24) is 15.1 Å². The summed E-state index contributed by atoms with van der Waals surface area (Å²) in [5, 5.41) is 7.93. The summed E-state index contributed by atoms with van der Waals surface area (Å²) in [6.45, 7) is 8.29. The van der Waals surface area contributed by atoms with E-state index in [1.54, 1.807) is 0 Å². The van der Waals surface area contributed by atoms with Crippen LogP contribution in [0.5, 0.6) is 0 Å². The van der Waals surface area contributed by atoms with Crippen molar-refractivity contribution in [3.63, 3.8) is 0 Å². The molecule has 0 radical (unpaired) electrons. The summed E-state index contributed by atoms with van der Waals surface area (Å²) >= 11 is 0. The van der Waals surface area contributed by atoms with Gasteiger partial charge in [-0.1, -0.05) is 38.1 Å². The van der Waals surface area contributed by atoms with Crippen LogP contribution in [0.15, 0.2) is 36.5 Å². The van der Waals surface area contributed by atoms with Gasteiger partial charge in [-0.3, -0.25) is 4.68 Å². The second kappa shape index (κ2) is 6.53. The highest BCUT2D eigenvalue weighted by Gasteiger charge is 2.16. The lowest BCUT2D eigenvalue weighted by Gasteiger charge is -2.20. The Hall–Kier alpha value is -1.61. The third-order valence-corrected chi connectivity index (χ3v) is 3.47. The van der Waals surface area contributed by atoms with Crippen molar-refractivity contribution >= 4 is 0 Å².